The maximum atomic E-state index is 12.0. The van der Waals surface area contributed by atoms with E-state index in [1.807, 2.05) is 0 Å². The third kappa shape index (κ3) is 7.93. The average Bonchev–Trinajstić information content (AvgIpc) is 2.54. The van der Waals surface area contributed by atoms with E-state index in [1.54, 1.807) is 7.05 Å². The van der Waals surface area contributed by atoms with Crippen LogP contribution in [0.3, 0.4) is 0 Å². The van der Waals surface area contributed by atoms with Gasteiger partial charge in [-0.15, -0.1) is 0 Å². The molecule has 3 N–H and O–H groups in total. The second kappa shape index (κ2) is 11.4. The summed E-state index contributed by atoms with van der Waals surface area (Å²) in [6.45, 7) is 4.51. The Morgan fingerprint density at radius 2 is 1.67 bits per heavy atom. The van der Waals surface area contributed by atoms with E-state index >= 15 is 0 Å². The Kier molecular flexibility index (Phi) is 9.66. The summed E-state index contributed by atoms with van der Waals surface area (Å²) in [6, 6.07) is 0. The topological polar surface area (TPSA) is 65.5 Å². The summed E-state index contributed by atoms with van der Waals surface area (Å²) < 4.78 is 0. The highest BCUT2D eigenvalue weighted by atomic mass is 16.1. The van der Waals surface area contributed by atoms with E-state index in [4.69, 9.17) is 0 Å². The van der Waals surface area contributed by atoms with Gasteiger partial charge in [-0.05, 0) is 19.3 Å². The normalized spacial score (nSPS) is 16.6. The van der Waals surface area contributed by atoms with Crippen LogP contribution in [-0.4, -0.2) is 38.5 Å². The standard InChI is InChI=1S/C16H32N4O/c1-3-4-8-11-19-16(17-2)20-13-12-18-15(21)14-9-6-5-7-10-14/h14H,3-13H2,1-2H3,(H,18,21)(H2,17,19,20). The molecule has 5 heteroatoms. The van der Waals surface area contributed by atoms with Gasteiger partial charge in [-0.1, -0.05) is 39.0 Å². The summed E-state index contributed by atoms with van der Waals surface area (Å²) >= 11 is 0. The van der Waals surface area contributed by atoms with Gasteiger partial charge in [0, 0.05) is 32.6 Å². The number of nitrogens with one attached hydrogen (secondary N) is 3. The van der Waals surface area contributed by atoms with Crippen LogP contribution < -0.4 is 16.0 Å². The predicted molar refractivity (Wildman–Crippen MR) is 88.5 cm³/mol. The van der Waals surface area contributed by atoms with Gasteiger partial charge in [0.25, 0.3) is 0 Å². The van der Waals surface area contributed by atoms with Gasteiger partial charge in [-0.25, -0.2) is 0 Å². The van der Waals surface area contributed by atoms with E-state index in [1.165, 1.54) is 32.1 Å². The van der Waals surface area contributed by atoms with Gasteiger partial charge < -0.3 is 16.0 Å². The zero-order valence-corrected chi connectivity index (χ0v) is 13.7. The van der Waals surface area contributed by atoms with E-state index in [-0.39, 0.29) is 11.8 Å². The second-order valence-electron chi connectivity index (χ2n) is 5.76. The molecule has 0 aromatic rings. The lowest BCUT2D eigenvalue weighted by Crippen LogP contribution is -2.42. The molecular weight excluding hydrogens is 264 g/mol. The van der Waals surface area contributed by atoms with Crippen LogP contribution in [0.25, 0.3) is 0 Å². The Morgan fingerprint density at radius 1 is 1.00 bits per heavy atom. The van der Waals surface area contributed by atoms with Crippen LogP contribution in [0.5, 0.6) is 0 Å². The Labute approximate surface area is 129 Å². The van der Waals surface area contributed by atoms with Gasteiger partial charge in [0.2, 0.25) is 5.91 Å². The van der Waals surface area contributed by atoms with E-state index in [0.717, 1.165) is 31.8 Å². The minimum atomic E-state index is 0.224. The molecule has 0 aliphatic heterocycles. The highest BCUT2D eigenvalue weighted by molar-refractivity contribution is 5.80. The molecule has 0 heterocycles. The van der Waals surface area contributed by atoms with Crippen LogP contribution in [0.1, 0.15) is 58.3 Å². The van der Waals surface area contributed by atoms with Crippen molar-refractivity contribution in [3.8, 4) is 0 Å². The Balaban J connectivity index is 2.07. The fraction of sp³-hybridized carbons (Fsp3) is 0.875. The van der Waals surface area contributed by atoms with Crippen LogP contribution in [0.15, 0.2) is 4.99 Å². The van der Waals surface area contributed by atoms with Crippen molar-refractivity contribution in [3.05, 3.63) is 0 Å². The molecule has 21 heavy (non-hydrogen) atoms. The molecule has 0 saturated heterocycles. The number of guanidine groups is 1. The first-order chi connectivity index (χ1) is 10.3. The van der Waals surface area contributed by atoms with Gasteiger partial charge in [0.1, 0.15) is 0 Å². The quantitative estimate of drug-likeness (QED) is 0.365. The van der Waals surface area contributed by atoms with Gasteiger partial charge in [0.05, 0.1) is 0 Å². The highest BCUT2D eigenvalue weighted by Crippen LogP contribution is 2.23. The molecule has 1 aliphatic carbocycles. The summed E-state index contributed by atoms with van der Waals surface area (Å²) in [4.78, 5) is 16.1. The summed E-state index contributed by atoms with van der Waals surface area (Å²) in [7, 11) is 1.77. The molecule has 122 valence electrons. The second-order valence-corrected chi connectivity index (χ2v) is 5.76. The summed E-state index contributed by atoms with van der Waals surface area (Å²) in [6.07, 6.45) is 9.42. The van der Waals surface area contributed by atoms with E-state index in [0.29, 0.717) is 13.1 Å². The van der Waals surface area contributed by atoms with Crippen LogP contribution >= 0.6 is 0 Å². The lowest BCUT2D eigenvalue weighted by molar-refractivity contribution is -0.125. The van der Waals surface area contributed by atoms with Crippen molar-refractivity contribution >= 4 is 11.9 Å². The van der Waals surface area contributed by atoms with E-state index < -0.39 is 0 Å². The van der Waals surface area contributed by atoms with Gasteiger partial charge >= 0.3 is 0 Å². The molecule has 0 bridgehead atoms. The largest absolute Gasteiger partial charge is 0.356 e. The molecule has 0 aromatic heterocycles. The van der Waals surface area contributed by atoms with Crippen molar-refractivity contribution in [2.24, 2.45) is 10.9 Å². The zero-order chi connectivity index (χ0) is 15.3. The van der Waals surface area contributed by atoms with Gasteiger partial charge in [-0.2, -0.15) is 0 Å². The van der Waals surface area contributed by atoms with E-state index in [2.05, 4.69) is 27.9 Å². The van der Waals surface area contributed by atoms with Crippen molar-refractivity contribution < 1.29 is 4.79 Å². The molecule has 0 atom stereocenters. The molecule has 0 spiro atoms. The fourth-order valence-corrected chi connectivity index (χ4v) is 2.68. The van der Waals surface area contributed by atoms with Crippen molar-refractivity contribution in [1.29, 1.82) is 0 Å². The lowest BCUT2D eigenvalue weighted by Gasteiger charge is -2.21. The highest BCUT2D eigenvalue weighted by Gasteiger charge is 2.20. The number of nitrogens with zero attached hydrogens (tertiary/aromatic N) is 1. The van der Waals surface area contributed by atoms with E-state index in [9.17, 15) is 4.79 Å². The van der Waals surface area contributed by atoms with Crippen molar-refractivity contribution in [1.82, 2.24) is 16.0 Å². The van der Waals surface area contributed by atoms with Crippen LogP contribution in [0.4, 0.5) is 0 Å². The van der Waals surface area contributed by atoms with Gasteiger partial charge in [0.15, 0.2) is 5.96 Å². The zero-order valence-electron chi connectivity index (χ0n) is 13.7. The third-order valence-electron chi connectivity index (χ3n) is 3.99. The first-order valence-corrected chi connectivity index (χ1v) is 8.50. The summed E-state index contributed by atoms with van der Waals surface area (Å²) in [5.41, 5.74) is 0. The number of carbonyl (C=O) groups excluding carboxylic acids is 1. The molecule has 1 aliphatic rings. The maximum Gasteiger partial charge on any atom is 0.223 e. The van der Waals surface area contributed by atoms with Crippen LogP contribution in [0, 0.1) is 5.92 Å². The van der Waals surface area contributed by atoms with Crippen molar-refractivity contribution in [2.75, 3.05) is 26.7 Å². The molecule has 1 saturated carbocycles. The Bertz CT molecular complexity index is 311. The predicted octanol–water partition coefficient (Wildman–Crippen LogP) is 2.04. The number of unbranched alkanes of at least 4 members (excludes halogenated alkanes) is 2. The third-order valence-corrected chi connectivity index (χ3v) is 3.99. The molecule has 5 nitrogen and oxygen atoms in total. The molecular formula is C16H32N4O. The van der Waals surface area contributed by atoms with Crippen LogP contribution in [-0.2, 0) is 4.79 Å². The first kappa shape index (κ1) is 17.8. The molecule has 0 radical (unpaired) electrons. The smallest absolute Gasteiger partial charge is 0.223 e. The minimum absolute atomic E-state index is 0.224. The molecule has 0 aromatic carbocycles. The molecule has 0 unspecified atom stereocenters. The summed E-state index contributed by atoms with van der Waals surface area (Å²) in [5.74, 6) is 1.28. The molecule has 1 fully saturated rings. The fourth-order valence-electron chi connectivity index (χ4n) is 2.68. The summed E-state index contributed by atoms with van der Waals surface area (Å²) in [5, 5.41) is 9.53. The number of hydrogen-bond acceptors (Lipinski definition) is 2. The first-order valence-electron chi connectivity index (χ1n) is 8.50. The van der Waals surface area contributed by atoms with Gasteiger partial charge in [-0.3, -0.25) is 9.79 Å². The molecule has 1 rings (SSSR count). The number of carbonyl (C=O) groups is 1. The van der Waals surface area contributed by atoms with Crippen LogP contribution in [0.2, 0.25) is 0 Å². The maximum absolute atomic E-state index is 12.0. The monoisotopic (exact) mass is 296 g/mol. The van der Waals surface area contributed by atoms with Crippen molar-refractivity contribution in [3.63, 3.8) is 0 Å². The SMILES string of the molecule is CCCCCNC(=NC)NCCNC(=O)C1CCCCC1. The molecule has 1 amide bonds. The lowest BCUT2D eigenvalue weighted by atomic mass is 9.89. The van der Waals surface area contributed by atoms with Crippen molar-refractivity contribution in [2.45, 2.75) is 58.3 Å². The number of amides is 1. The Hall–Kier alpha value is -1.26. The average molecular weight is 296 g/mol. The number of aliphatic imine (C=N–C) groups is 1. The number of rotatable bonds is 8. The minimum Gasteiger partial charge on any atom is -0.356 e. The number of hydrogen-bond donors (Lipinski definition) is 3. The Morgan fingerprint density at radius 3 is 2.33 bits per heavy atom.